The molecule has 0 aliphatic carbocycles. The first-order valence-electron chi connectivity index (χ1n) is 21.1. The fourth-order valence-corrected chi connectivity index (χ4v) is 10.5. The van der Waals surface area contributed by atoms with Crippen molar-refractivity contribution >= 4 is 75.3 Å². The molecule has 0 saturated carbocycles. The lowest BCUT2D eigenvalue weighted by molar-refractivity contribution is 0.669. The van der Waals surface area contributed by atoms with Gasteiger partial charge in [-0.05, 0) is 70.8 Å². The Kier molecular flexibility index (Phi) is 8.01. The molecule has 13 aromatic rings. The highest BCUT2D eigenvalue weighted by atomic mass is 32.1. The van der Waals surface area contributed by atoms with Crippen LogP contribution in [0.3, 0.4) is 0 Å². The third kappa shape index (κ3) is 5.80. The van der Waals surface area contributed by atoms with Gasteiger partial charge in [-0.2, -0.15) is 0 Å². The normalized spacial score (nSPS) is 11.8. The predicted molar refractivity (Wildman–Crippen MR) is 262 cm³/mol. The van der Waals surface area contributed by atoms with Crippen LogP contribution in [-0.2, 0) is 0 Å². The molecule has 0 saturated heterocycles. The van der Waals surface area contributed by atoms with Crippen LogP contribution in [0.15, 0.2) is 211 Å². The number of furan rings is 1. The Balaban J connectivity index is 1.01. The maximum absolute atomic E-state index is 6.59. The zero-order chi connectivity index (χ0) is 41.4. The van der Waals surface area contributed by atoms with Gasteiger partial charge in [0.25, 0.3) is 0 Å². The number of para-hydroxylation sites is 2. The molecule has 4 heterocycles. The van der Waals surface area contributed by atoms with E-state index in [1.54, 1.807) is 11.3 Å². The number of rotatable bonds is 6. The lowest BCUT2D eigenvalue weighted by Crippen LogP contribution is -2.00. The van der Waals surface area contributed by atoms with Gasteiger partial charge >= 0.3 is 0 Å². The SMILES string of the molecule is c1ccc(-c2ccc(-c3nc(-c4ccc5c(c4)sc4cccc(-c6ccccc6)c45)nc(-c4cccc5oc6ccc(-n7c8ccccc8c8ccccc87)cc6c45)n3)cc2)cc1. The van der Waals surface area contributed by atoms with E-state index in [1.807, 2.05) is 18.2 Å². The molecule has 0 radical (unpaired) electrons. The molecule has 9 aromatic carbocycles. The molecular formula is C57H34N4OS. The number of hydrogen-bond acceptors (Lipinski definition) is 5. The number of nitrogens with zero attached hydrogens (tertiary/aromatic N) is 4. The van der Waals surface area contributed by atoms with Crippen molar-refractivity contribution < 1.29 is 4.42 Å². The van der Waals surface area contributed by atoms with Gasteiger partial charge < -0.3 is 8.98 Å². The second-order valence-electron chi connectivity index (χ2n) is 15.9. The van der Waals surface area contributed by atoms with Gasteiger partial charge in [-0.25, -0.2) is 15.0 Å². The molecule has 0 bridgehead atoms. The molecule has 0 unspecified atom stereocenters. The van der Waals surface area contributed by atoms with Gasteiger partial charge in [-0.15, -0.1) is 11.3 Å². The first-order chi connectivity index (χ1) is 31.2. The molecule has 0 amide bonds. The maximum Gasteiger partial charge on any atom is 0.164 e. The molecule has 0 N–H and O–H groups in total. The quantitative estimate of drug-likeness (QED) is 0.168. The van der Waals surface area contributed by atoms with Gasteiger partial charge in [-0.1, -0.05) is 158 Å². The molecule has 4 aromatic heterocycles. The Bertz CT molecular complexity index is 3850. The molecule has 0 fully saturated rings. The smallest absolute Gasteiger partial charge is 0.164 e. The van der Waals surface area contributed by atoms with Crippen molar-refractivity contribution in [3.8, 4) is 62.1 Å². The average molecular weight is 823 g/mol. The molecule has 6 heteroatoms. The zero-order valence-electron chi connectivity index (χ0n) is 33.7. The van der Waals surface area contributed by atoms with Crippen LogP contribution < -0.4 is 0 Å². The molecule has 294 valence electrons. The zero-order valence-corrected chi connectivity index (χ0v) is 34.6. The highest BCUT2D eigenvalue weighted by Crippen LogP contribution is 2.43. The summed E-state index contributed by atoms with van der Waals surface area (Å²) in [4.78, 5) is 15.8. The molecule has 5 nitrogen and oxygen atoms in total. The molecule has 13 rings (SSSR count). The molecule has 0 aliphatic heterocycles. The molecule has 0 aliphatic rings. The monoisotopic (exact) mass is 822 g/mol. The Morgan fingerprint density at radius 2 is 0.952 bits per heavy atom. The largest absolute Gasteiger partial charge is 0.456 e. The van der Waals surface area contributed by atoms with E-state index in [0.29, 0.717) is 17.5 Å². The van der Waals surface area contributed by atoms with Crippen LogP contribution in [0, 0.1) is 0 Å². The Hall–Kier alpha value is -8.19. The van der Waals surface area contributed by atoms with Crippen molar-refractivity contribution in [1.82, 2.24) is 19.5 Å². The number of hydrogen-bond donors (Lipinski definition) is 0. The minimum absolute atomic E-state index is 0.584. The van der Waals surface area contributed by atoms with Crippen molar-refractivity contribution in [1.29, 1.82) is 0 Å². The Morgan fingerprint density at radius 3 is 1.71 bits per heavy atom. The standard InChI is InChI=1S/C57H34N4OS/c1-3-13-35(14-4-1)36-25-27-38(28-26-36)55-58-56(39-29-31-44-52(33-39)63-51-24-12-19-41(54(44)51)37-15-5-2-6-16-37)60-57(59-55)45-20-11-23-50-53(45)46-34-40(30-32-49(46)62-50)61-47-21-9-7-17-42(47)43-18-8-10-22-48(43)61/h1-34H. The third-order valence-electron chi connectivity index (χ3n) is 12.3. The van der Waals surface area contributed by atoms with Gasteiger partial charge in [-0.3, -0.25) is 0 Å². The summed E-state index contributed by atoms with van der Waals surface area (Å²) in [6, 6.07) is 72.6. The lowest BCUT2D eigenvalue weighted by atomic mass is 9.99. The lowest BCUT2D eigenvalue weighted by Gasteiger charge is -2.11. The minimum atomic E-state index is 0.584. The Morgan fingerprint density at radius 1 is 0.349 bits per heavy atom. The molecule has 63 heavy (non-hydrogen) atoms. The van der Waals surface area contributed by atoms with Gasteiger partial charge in [0.15, 0.2) is 17.5 Å². The summed E-state index contributed by atoms with van der Waals surface area (Å²) in [5.41, 5.74) is 12.4. The first kappa shape index (κ1) is 35.6. The highest BCUT2D eigenvalue weighted by molar-refractivity contribution is 7.26. The van der Waals surface area contributed by atoms with Crippen molar-refractivity contribution in [2.75, 3.05) is 0 Å². The van der Waals surface area contributed by atoms with E-state index < -0.39 is 0 Å². The fourth-order valence-electron chi connectivity index (χ4n) is 9.36. The van der Waals surface area contributed by atoms with Gasteiger partial charge in [0, 0.05) is 64.1 Å². The van der Waals surface area contributed by atoms with Gasteiger partial charge in [0.1, 0.15) is 11.2 Å². The second kappa shape index (κ2) is 14.2. The van der Waals surface area contributed by atoms with E-state index in [9.17, 15) is 0 Å². The van der Waals surface area contributed by atoms with Crippen molar-refractivity contribution in [2.45, 2.75) is 0 Å². The van der Waals surface area contributed by atoms with Crippen LogP contribution in [0.5, 0.6) is 0 Å². The van der Waals surface area contributed by atoms with E-state index in [1.165, 1.54) is 42.1 Å². The fraction of sp³-hybridized carbons (Fsp3) is 0. The summed E-state index contributed by atoms with van der Waals surface area (Å²) in [7, 11) is 0. The third-order valence-corrected chi connectivity index (χ3v) is 13.4. The summed E-state index contributed by atoms with van der Waals surface area (Å²) in [5.74, 6) is 1.80. The van der Waals surface area contributed by atoms with Crippen LogP contribution in [0.25, 0.3) is 126 Å². The first-order valence-corrected chi connectivity index (χ1v) is 21.9. The summed E-state index contributed by atoms with van der Waals surface area (Å²) >= 11 is 1.80. The van der Waals surface area contributed by atoms with E-state index in [-0.39, 0.29) is 0 Å². The molecule has 0 atom stereocenters. The molecular weight excluding hydrogens is 789 g/mol. The second-order valence-corrected chi connectivity index (χ2v) is 17.0. The molecule has 0 spiro atoms. The van der Waals surface area contributed by atoms with E-state index in [2.05, 4.69) is 193 Å². The number of thiophene rings is 1. The van der Waals surface area contributed by atoms with Crippen LogP contribution in [-0.4, -0.2) is 19.5 Å². The van der Waals surface area contributed by atoms with Crippen molar-refractivity contribution in [3.05, 3.63) is 206 Å². The van der Waals surface area contributed by atoms with Crippen LogP contribution >= 0.6 is 11.3 Å². The predicted octanol–water partition coefficient (Wildman–Crippen LogP) is 15.6. The number of aromatic nitrogens is 4. The summed E-state index contributed by atoms with van der Waals surface area (Å²) in [6.45, 7) is 0. The van der Waals surface area contributed by atoms with Crippen LogP contribution in [0.1, 0.15) is 0 Å². The topological polar surface area (TPSA) is 56.7 Å². The van der Waals surface area contributed by atoms with Crippen molar-refractivity contribution in [3.63, 3.8) is 0 Å². The highest BCUT2D eigenvalue weighted by Gasteiger charge is 2.21. The maximum atomic E-state index is 6.59. The van der Waals surface area contributed by atoms with E-state index in [0.717, 1.165) is 66.5 Å². The van der Waals surface area contributed by atoms with E-state index >= 15 is 0 Å². The van der Waals surface area contributed by atoms with Gasteiger partial charge in [0.05, 0.1) is 11.0 Å². The summed E-state index contributed by atoms with van der Waals surface area (Å²) in [6.07, 6.45) is 0. The van der Waals surface area contributed by atoms with Crippen LogP contribution in [0.2, 0.25) is 0 Å². The number of benzene rings is 9. The summed E-state index contributed by atoms with van der Waals surface area (Å²) < 4.78 is 11.4. The van der Waals surface area contributed by atoms with Gasteiger partial charge in [0.2, 0.25) is 0 Å². The Labute approximate surface area is 365 Å². The average Bonchev–Trinajstić information content (AvgIpc) is 4.03. The summed E-state index contributed by atoms with van der Waals surface area (Å²) in [5, 5.41) is 6.89. The minimum Gasteiger partial charge on any atom is -0.456 e. The van der Waals surface area contributed by atoms with Crippen molar-refractivity contribution in [2.24, 2.45) is 0 Å². The van der Waals surface area contributed by atoms with E-state index in [4.69, 9.17) is 19.4 Å². The van der Waals surface area contributed by atoms with Crippen LogP contribution in [0.4, 0.5) is 0 Å². The number of fused-ring (bicyclic) bond motifs is 9.